The van der Waals surface area contributed by atoms with Gasteiger partial charge in [-0.1, -0.05) is 12.8 Å². The number of rotatable bonds is 5. The highest BCUT2D eigenvalue weighted by Gasteiger charge is 2.33. The summed E-state index contributed by atoms with van der Waals surface area (Å²) < 4.78 is 28.9. The van der Waals surface area contributed by atoms with Crippen molar-refractivity contribution in [3.63, 3.8) is 0 Å². The standard InChI is InChI=1S/C15H29N3O2S/c19-21(20,17-9-3-1-2-4-10-17)18-11-7-15(8-12-18)16-13-14-5-6-14/h14-16H,1-13H2. The first-order valence-electron chi connectivity index (χ1n) is 8.65. The van der Waals surface area contributed by atoms with Gasteiger partial charge in [0.1, 0.15) is 0 Å². The maximum absolute atomic E-state index is 12.7. The van der Waals surface area contributed by atoms with Crippen LogP contribution in [0, 0.1) is 5.92 Å². The SMILES string of the molecule is O=S(=O)(N1CCCCCC1)N1CCC(NCC2CC2)CC1. The van der Waals surface area contributed by atoms with Crippen LogP contribution in [0.25, 0.3) is 0 Å². The van der Waals surface area contributed by atoms with Crippen LogP contribution < -0.4 is 5.32 Å². The average molecular weight is 315 g/mol. The van der Waals surface area contributed by atoms with Crippen molar-refractivity contribution in [2.45, 2.75) is 57.4 Å². The van der Waals surface area contributed by atoms with Crippen molar-refractivity contribution in [2.75, 3.05) is 32.7 Å². The third kappa shape index (κ3) is 4.18. The summed E-state index contributed by atoms with van der Waals surface area (Å²) in [4.78, 5) is 0. The molecule has 2 heterocycles. The zero-order valence-corrected chi connectivity index (χ0v) is 13.8. The van der Waals surface area contributed by atoms with E-state index in [4.69, 9.17) is 0 Å². The molecule has 3 rings (SSSR count). The van der Waals surface area contributed by atoms with Gasteiger partial charge in [0, 0.05) is 32.2 Å². The molecule has 0 unspecified atom stereocenters. The lowest BCUT2D eigenvalue weighted by Crippen LogP contribution is -2.50. The van der Waals surface area contributed by atoms with Crippen molar-refractivity contribution < 1.29 is 8.42 Å². The minimum Gasteiger partial charge on any atom is -0.314 e. The lowest BCUT2D eigenvalue weighted by Gasteiger charge is -2.35. The van der Waals surface area contributed by atoms with Gasteiger partial charge in [0.25, 0.3) is 10.2 Å². The molecule has 0 radical (unpaired) electrons. The predicted octanol–water partition coefficient (Wildman–Crippen LogP) is 1.57. The Bertz CT molecular complexity index is 420. The van der Waals surface area contributed by atoms with Crippen LogP contribution >= 0.6 is 0 Å². The van der Waals surface area contributed by atoms with Crippen LogP contribution in [0.5, 0.6) is 0 Å². The minimum absolute atomic E-state index is 0.515. The molecular formula is C15H29N3O2S. The Balaban J connectivity index is 1.49. The topological polar surface area (TPSA) is 52.7 Å². The van der Waals surface area contributed by atoms with E-state index < -0.39 is 10.2 Å². The molecule has 0 spiro atoms. The van der Waals surface area contributed by atoms with Gasteiger partial charge in [-0.25, -0.2) is 0 Å². The normalized spacial score (nSPS) is 27.6. The summed E-state index contributed by atoms with van der Waals surface area (Å²) in [5, 5.41) is 3.61. The van der Waals surface area contributed by atoms with E-state index in [0.717, 1.165) is 38.1 Å². The molecule has 2 saturated heterocycles. The highest BCUT2D eigenvalue weighted by molar-refractivity contribution is 7.86. The van der Waals surface area contributed by atoms with Gasteiger partial charge < -0.3 is 5.32 Å². The van der Waals surface area contributed by atoms with Crippen LogP contribution in [0.1, 0.15) is 51.4 Å². The van der Waals surface area contributed by atoms with Gasteiger partial charge in [0.15, 0.2) is 0 Å². The number of hydrogen-bond acceptors (Lipinski definition) is 3. The van der Waals surface area contributed by atoms with Crippen molar-refractivity contribution in [2.24, 2.45) is 5.92 Å². The summed E-state index contributed by atoms with van der Waals surface area (Å²) in [6, 6.07) is 0.515. The minimum atomic E-state index is -3.21. The van der Waals surface area contributed by atoms with Crippen LogP contribution in [-0.4, -0.2) is 55.8 Å². The van der Waals surface area contributed by atoms with Gasteiger partial charge in [0.2, 0.25) is 0 Å². The molecule has 0 aromatic heterocycles. The van der Waals surface area contributed by atoms with Crippen molar-refractivity contribution in [3.05, 3.63) is 0 Å². The van der Waals surface area contributed by atoms with Gasteiger partial charge in [0.05, 0.1) is 0 Å². The molecule has 0 atom stereocenters. The molecule has 1 saturated carbocycles. The van der Waals surface area contributed by atoms with Crippen LogP contribution in [-0.2, 0) is 10.2 Å². The molecule has 3 aliphatic rings. The maximum atomic E-state index is 12.7. The molecule has 21 heavy (non-hydrogen) atoms. The van der Waals surface area contributed by atoms with Crippen molar-refractivity contribution in [1.29, 1.82) is 0 Å². The average Bonchev–Trinajstić information content (AvgIpc) is 3.32. The second-order valence-corrected chi connectivity index (χ2v) is 8.77. The van der Waals surface area contributed by atoms with Crippen molar-refractivity contribution >= 4 is 10.2 Å². The Hall–Kier alpha value is -0.170. The van der Waals surface area contributed by atoms with E-state index >= 15 is 0 Å². The van der Waals surface area contributed by atoms with E-state index in [2.05, 4.69) is 5.32 Å². The van der Waals surface area contributed by atoms with Crippen LogP contribution in [0.2, 0.25) is 0 Å². The van der Waals surface area contributed by atoms with Crippen LogP contribution in [0.15, 0.2) is 0 Å². The van der Waals surface area contributed by atoms with Gasteiger partial charge in [-0.2, -0.15) is 17.0 Å². The molecule has 3 fully saturated rings. The number of nitrogens with zero attached hydrogens (tertiary/aromatic N) is 2. The Morgan fingerprint density at radius 3 is 1.95 bits per heavy atom. The van der Waals surface area contributed by atoms with Gasteiger partial charge in [-0.3, -0.25) is 0 Å². The summed E-state index contributed by atoms with van der Waals surface area (Å²) in [6.07, 6.45) is 9.01. The van der Waals surface area contributed by atoms with Crippen LogP contribution in [0.3, 0.4) is 0 Å². The molecule has 0 bridgehead atoms. The molecule has 1 N–H and O–H groups in total. The lowest BCUT2D eigenvalue weighted by atomic mass is 10.1. The molecule has 6 heteroatoms. The monoisotopic (exact) mass is 315 g/mol. The molecule has 122 valence electrons. The summed E-state index contributed by atoms with van der Waals surface area (Å²) in [7, 11) is -3.21. The number of nitrogens with one attached hydrogen (secondary N) is 1. The molecule has 0 amide bonds. The fraction of sp³-hybridized carbons (Fsp3) is 1.00. The third-order valence-corrected chi connectivity index (χ3v) is 7.10. The van der Waals surface area contributed by atoms with Crippen LogP contribution in [0.4, 0.5) is 0 Å². The van der Waals surface area contributed by atoms with E-state index in [1.807, 2.05) is 0 Å². The number of hydrogen-bond donors (Lipinski definition) is 1. The summed E-state index contributed by atoms with van der Waals surface area (Å²) in [5.74, 6) is 0.892. The fourth-order valence-electron chi connectivity index (χ4n) is 3.38. The van der Waals surface area contributed by atoms with E-state index in [9.17, 15) is 8.42 Å². The second-order valence-electron chi connectivity index (χ2n) is 6.85. The molecule has 2 aliphatic heterocycles. The Labute approximate surface area is 129 Å². The Morgan fingerprint density at radius 1 is 0.810 bits per heavy atom. The Kier molecular flexibility index (Phi) is 5.19. The van der Waals surface area contributed by atoms with E-state index in [1.54, 1.807) is 8.61 Å². The fourth-order valence-corrected chi connectivity index (χ4v) is 5.10. The van der Waals surface area contributed by atoms with E-state index in [1.165, 1.54) is 25.7 Å². The van der Waals surface area contributed by atoms with Crippen molar-refractivity contribution in [3.8, 4) is 0 Å². The quantitative estimate of drug-likeness (QED) is 0.838. The molecular weight excluding hydrogens is 286 g/mol. The molecule has 5 nitrogen and oxygen atoms in total. The maximum Gasteiger partial charge on any atom is 0.281 e. The Morgan fingerprint density at radius 2 is 1.38 bits per heavy atom. The van der Waals surface area contributed by atoms with Gasteiger partial charge in [-0.05, 0) is 51.0 Å². The lowest BCUT2D eigenvalue weighted by molar-refractivity contribution is 0.266. The molecule has 1 aliphatic carbocycles. The second kappa shape index (κ2) is 6.94. The summed E-state index contributed by atoms with van der Waals surface area (Å²) >= 11 is 0. The highest BCUT2D eigenvalue weighted by Crippen LogP contribution is 2.28. The first kappa shape index (κ1) is 15.7. The molecule has 0 aromatic rings. The van der Waals surface area contributed by atoms with Gasteiger partial charge in [-0.15, -0.1) is 0 Å². The van der Waals surface area contributed by atoms with E-state index in [0.29, 0.717) is 32.2 Å². The number of piperidine rings is 1. The van der Waals surface area contributed by atoms with Gasteiger partial charge >= 0.3 is 0 Å². The molecule has 0 aromatic carbocycles. The largest absolute Gasteiger partial charge is 0.314 e. The smallest absolute Gasteiger partial charge is 0.281 e. The predicted molar refractivity (Wildman–Crippen MR) is 84.3 cm³/mol. The zero-order valence-electron chi connectivity index (χ0n) is 13.0. The zero-order chi connectivity index (χ0) is 14.7. The summed E-state index contributed by atoms with van der Waals surface area (Å²) in [6.45, 7) is 3.91. The first-order valence-corrected chi connectivity index (χ1v) is 10.0. The first-order chi connectivity index (χ1) is 10.2. The van der Waals surface area contributed by atoms with Crippen molar-refractivity contribution in [1.82, 2.24) is 13.9 Å². The summed E-state index contributed by atoms with van der Waals surface area (Å²) in [5.41, 5.74) is 0. The van der Waals surface area contributed by atoms with E-state index in [-0.39, 0.29) is 0 Å². The highest BCUT2D eigenvalue weighted by atomic mass is 32.2. The third-order valence-electron chi connectivity index (χ3n) is 5.06.